The third kappa shape index (κ3) is 3.94. The Labute approximate surface area is 106 Å². The van der Waals surface area contributed by atoms with Gasteiger partial charge in [0.05, 0.1) is 4.91 Å². The Kier molecular flexibility index (Phi) is 4.47. The van der Waals surface area contributed by atoms with Crippen LogP contribution in [-0.2, 0) is 9.63 Å². The van der Waals surface area contributed by atoms with E-state index in [0.717, 1.165) is 13.2 Å². The van der Waals surface area contributed by atoms with E-state index in [0.29, 0.717) is 0 Å². The summed E-state index contributed by atoms with van der Waals surface area (Å²) in [5, 5.41) is 2.35. The van der Waals surface area contributed by atoms with Gasteiger partial charge in [0.15, 0.2) is 7.11 Å². The van der Waals surface area contributed by atoms with Gasteiger partial charge in [0, 0.05) is 25.1 Å². The Balaban J connectivity index is 3.16. The summed E-state index contributed by atoms with van der Waals surface area (Å²) in [7, 11) is 0.967. The van der Waals surface area contributed by atoms with Crippen molar-refractivity contribution in [2.24, 2.45) is 0 Å². The van der Waals surface area contributed by atoms with E-state index in [-0.39, 0.29) is 10.6 Å². The third-order valence-corrected chi connectivity index (χ3v) is 2.28. The predicted octanol–water partition coefficient (Wildman–Crippen LogP) is 2.12. The van der Waals surface area contributed by atoms with Crippen molar-refractivity contribution in [3.05, 3.63) is 40.1 Å². The second-order valence-electron chi connectivity index (χ2n) is 3.68. The van der Waals surface area contributed by atoms with E-state index in [1.54, 1.807) is 0 Å². The van der Waals surface area contributed by atoms with Crippen LogP contribution in [0, 0.1) is 4.91 Å². The van der Waals surface area contributed by atoms with Crippen molar-refractivity contribution in [1.29, 1.82) is 0 Å². The van der Waals surface area contributed by atoms with Crippen LogP contribution in [0.4, 0.5) is 13.2 Å². The molecule has 0 aromatic carbocycles. The van der Waals surface area contributed by atoms with Gasteiger partial charge in [-0.3, -0.25) is 4.79 Å². The Morgan fingerprint density at radius 2 is 2.05 bits per heavy atom. The molecule has 0 saturated heterocycles. The van der Waals surface area contributed by atoms with Crippen LogP contribution in [0.25, 0.3) is 0 Å². The topological polar surface area (TPSA) is 58.4 Å². The highest BCUT2D eigenvalue weighted by molar-refractivity contribution is 5.75. The fraction of sp³-hybridized carbons (Fsp3) is 0.364. The summed E-state index contributed by atoms with van der Waals surface area (Å²) in [5.74, 6) is -0.418. The third-order valence-electron chi connectivity index (χ3n) is 2.28. The maximum Gasteiger partial charge on any atom is 0.419 e. The highest BCUT2D eigenvalue weighted by Gasteiger charge is 2.42. The van der Waals surface area contributed by atoms with E-state index >= 15 is 0 Å². The lowest BCUT2D eigenvalue weighted by Gasteiger charge is -2.07. The van der Waals surface area contributed by atoms with Gasteiger partial charge in [-0.1, -0.05) is 6.08 Å². The normalized spacial score (nSPS) is 15.7. The number of amides is 1. The molecule has 1 N–H and O–H groups in total. The number of nitrogens with zero attached hydrogens (tertiary/aromatic N) is 1. The van der Waals surface area contributed by atoms with Crippen molar-refractivity contribution >= 4 is 5.91 Å². The lowest BCUT2D eigenvalue weighted by molar-refractivity contribution is -0.759. The van der Waals surface area contributed by atoms with Crippen molar-refractivity contribution in [3.63, 3.8) is 0 Å². The Morgan fingerprint density at radius 1 is 1.42 bits per heavy atom. The van der Waals surface area contributed by atoms with Crippen molar-refractivity contribution in [2.45, 2.75) is 19.5 Å². The van der Waals surface area contributed by atoms with Gasteiger partial charge in [-0.2, -0.15) is 13.2 Å². The smallest absolute Gasteiger partial charge is 0.327 e. The van der Waals surface area contributed by atoms with Crippen molar-refractivity contribution in [3.8, 4) is 0 Å². The fourth-order valence-electron chi connectivity index (χ4n) is 1.48. The van der Waals surface area contributed by atoms with Gasteiger partial charge in [-0.25, -0.2) is 4.84 Å². The molecule has 0 unspecified atom stereocenters. The highest BCUT2D eigenvalue weighted by atomic mass is 19.4. The van der Waals surface area contributed by atoms with Crippen LogP contribution in [0.15, 0.2) is 35.2 Å². The minimum Gasteiger partial charge on any atom is -0.327 e. The molecule has 0 aliphatic heterocycles. The standard InChI is InChI=1S/C11H11F3N2O3/c1-7(17)15-8-3-5-9(11(12,13)14)10(6-4-8)16(18)19-2/h3-4,6H,5H2,1-2H3/p+1. The maximum atomic E-state index is 12.8. The quantitative estimate of drug-likeness (QED) is 0.804. The van der Waals surface area contributed by atoms with E-state index < -0.39 is 29.8 Å². The Hall–Kier alpha value is -2.12. The molecule has 1 aliphatic rings. The van der Waals surface area contributed by atoms with Gasteiger partial charge in [0.2, 0.25) is 5.91 Å². The summed E-state index contributed by atoms with van der Waals surface area (Å²) in [4.78, 5) is 26.2. The first-order valence-corrected chi connectivity index (χ1v) is 5.23. The average molecular weight is 277 g/mol. The van der Waals surface area contributed by atoms with E-state index in [2.05, 4.69) is 10.2 Å². The van der Waals surface area contributed by atoms with Crippen LogP contribution in [0.1, 0.15) is 13.3 Å². The maximum absolute atomic E-state index is 12.8. The molecule has 0 spiro atoms. The van der Waals surface area contributed by atoms with Crippen molar-refractivity contribution < 1.29 is 27.7 Å². The molecule has 0 saturated carbocycles. The van der Waals surface area contributed by atoms with Crippen molar-refractivity contribution in [1.82, 2.24) is 5.32 Å². The minimum atomic E-state index is -4.66. The van der Waals surface area contributed by atoms with Gasteiger partial charge in [-0.05, 0) is 6.08 Å². The summed E-state index contributed by atoms with van der Waals surface area (Å²) in [6, 6.07) is 0. The molecule has 1 aliphatic carbocycles. The number of hydrogen-bond acceptors (Lipinski definition) is 3. The lowest BCUT2D eigenvalue weighted by Crippen LogP contribution is -2.18. The molecule has 0 aromatic rings. The van der Waals surface area contributed by atoms with E-state index in [4.69, 9.17) is 0 Å². The van der Waals surface area contributed by atoms with Crippen LogP contribution >= 0.6 is 0 Å². The fourth-order valence-corrected chi connectivity index (χ4v) is 1.48. The molecule has 0 radical (unpaired) electrons. The zero-order valence-electron chi connectivity index (χ0n) is 10.2. The SMILES string of the molecule is CO[N+](=O)C1=C(C(F)(F)F)CC=C(NC(C)=O)C=C1. The van der Waals surface area contributed by atoms with Gasteiger partial charge in [0.1, 0.15) is 5.57 Å². The molecule has 1 rings (SSSR count). The zero-order valence-corrected chi connectivity index (χ0v) is 10.2. The molecular weight excluding hydrogens is 265 g/mol. The molecule has 8 heteroatoms. The largest absolute Gasteiger partial charge is 0.419 e. The summed E-state index contributed by atoms with van der Waals surface area (Å²) in [6.07, 6.45) is -1.86. The molecule has 0 bridgehead atoms. The van der Waals surface area contributed by atoms with Crippen LogP contribution in [-0.4, -0.2) is 24.1 Å². The van der Waals surface area contributed by atoms with E-state index in [9.17, 15) is 22.9 Å². The lowest BCUT2D eigenvalue weighted by atomic mass is 10.1. The first-order chi connectivity index (χ1) is 8.75. The number of halogens is 3. The summed E-state index contributed by atoms with van der Waals surface area (Å²) in [6.45, 7) is 1.23. The molecule has 1 amide bonds. The summed E-state index contributed by atoms with van der Waals surface area (Å²) >= 11 is 0. The molecule has 19 heavy (non-hydrogen) atoms. The monoisotopic (exact) mass is 277 g/mol. The highest BCUT2D eigenvalue weighted by Crippen LogP contribution is 2.33. The first-order valence-electron chi connectivity index (χ1n) is 5.23. The number of hydrogen-bond donors (Lipinski definition) is 1. The van der Waals surface area contributed by atoms with Gasteiger partial charge in [0.25, 0.3) is 4.92 Å². The summed E-state index contributed by atoms with van der Waals surface area (Å²) in [5.41, 5.74) is -1.50. The van der Waals surface area contributed by atoms with Crippen LogP contribution < -0.4 is 5.32 Å². The Morgan fingerprint density at radius 3 is 2.53 bits per heavy atom. The second kappa shape index (κ2) is 5.68. The van der Waals surface area contributed by atoms with Crippen LogP contribution in [0.5, 0.6) is 0 Å². The molecule has 0 heterocycles. The first kappa shape index (κ1) is 14.9. The molecule has 5 nitrogen and oxygen atoms in total. The van der Waals surface area contributed by atoms with E-state index in [1.165, 1.54) is 19.1 Å². The van der Waals surface area contributed by atoms with Gasteiger partial charge < -0.3 is 5.32 Å². The van der Waals surface area contributed by atoms with Crippen LogP contribution in [0.2, 0.25) is 0 Å². The molecular formula is C11H12F3N2O3+. The van der Waals surface area contributed by atoms with Gasteiger partial charge in [-0.15, -0.1) is 0 Å². The number of carbonyl (C=O) groups is 1. The molecule has 0 fully saturated rings. The zero-order chi connectivity index (χ0) is 14.6. The second-order valence-corrected chi connectivity index (χ2v) is 3.68. The average Bonchev–Trinajstić information content (AvgIpc) is 2.49. The number of carbonyl (C=O) groups excluding carboxylic acids is 1. The summed E-state index contributed by atoms with van der Waals surface area (Å²) < 4.78 is 38.5. The predicted molar refractivity (Wildman–Crippen MR) is 59.4 cm³/mol. The number of nitrogens with one attached hydrogen (secondary N) is 1. The number of rotatable bonds is 3. The van der Waals surface area contributed by atoms with Crippen LogP contribution in [0.3, 0.4) is 0 Å². The number of allylic oxidation sites excluding steroid dienone is 4. The molecule has 0 aromatic heterocycles. The Bertz CT molecular complexity index is 490. The molecule has 104 valence electrons. The van der Waals surface area contributed by atoms with E-state index in [1.807, 2.05) is 0 Å². The minimum absolute atomic E-state index is 0.189. The van der Waals surface area contributed by atoms with Crippen molar-refractivity contribution in [2.75, 3.05) is 7.11 Å². The van der Waals surface area contributed by atoms with Gasteiger partial charge >= 0.3 is 11.9 Å². The molecule has 0 atom stereocenters. The number of alkyl halides is 3.